The smallest absolute Gasteiger partial charge is 0.234 e. The Bertz CT molecular complexity index is 455. The van der Waals surface area contributed by atoms with Crippen LogP contribution in [-0.4, -0.2) is 19.0 Å². The van der Waals surface area contributed by atoms with Crippen molar-refractivity contribution in [2.45, 2.75) is 32.2 Å². The molecule has 0 saturated heterocycles. The van der Waals surface area contributed by atoms with Crippen molar-refractivity contribution in [3.63, 3.8) is 0 Å². The summed E-state index contributed by atoms with van der Waals surface area (Å²) in [5.74, 6) is 0.805. The highest BCUT2D eigenvalue weighted by atomic mass is 35.5. The maximum absolute atomic E-state index is 11.9. The van der Waals surface area contributed by atoms with E-state index in [1.165, 1.54) is 12.8 Å². The average Bonchev–Trinajstić information content (AvgIpc) is 3.12. The first-order valence-corrected chi connectivity index (χ1v) is 7.13. The van der Waals surface area contributed by atoms with E-state index < -0.39 is 5.54 Å². The van der Waals surface area contributed by atoms with Crippen LogP contribution in [0.2, 0.25) is 5.02 Å². The van der Waals surface area contributed by atoms with Crippen LogP contribution in [0.4, 0.5) is 0 Å². The number of carbonyl (C=O) groups is 1. The molecule has 19 heavy (non-hydrogen) atoms. The maximum atomic E-state index is 11.9. The van der Waals surface area contributed by atoms with E-state index in [4.69, 9.17) is 11.6 Å². The Morgan fingerprint density at radius 3 is 2.79 bits per heavy atom. The van der Waals surface area contributed by atoms with E-state index in [9.17, 15) is 4.79 Å². The van der Waals surface area contributed by atoms with Crippen molar-refractivity contribution < 1.29 is 4.79 Å². The molecule has 2 N–H and O–H groups in total. The summed E-state index contributed by atoms with van der Waals surface area (Å²) in [7, 11) is 0. The molecule has 1 aliphatic rings. The summed E-state index contributed by atoms with van der Waals surface area (Å²) < 4.78 is 0. The molecule has 1 saturated carbocycles. The molecule has 1 amide bonds. The van der Waals surface area contributed by atoms with E-state index in [0.29, 0.717) is 11.6 Å². The summed E-state index contributed by atoms with van der Waals surface area (Å²) >= 11 is 5.99. The highest BCUT2D eigenvalue weighted by molar-refractivity contribution is 6.30. The van der Waals surface area contributed by atoms with Gasteiger partial charge in [-0.25, -0.2) is 0 Å². The van der Waals surface area contributed by atoms with E-state index in [-0.39, 0.29) is 5.91 Å². The SMILES string of the molecule is CC(C)(NC(=O)CNCC1CC1)c1cccc(Cl)c1. The zero-order chi connectivity index (χ0) is 13.9. The van der Waals surface area contributed by atoms with Crippen molar-refractivity contribution in [1.82, 2.24) is 10.6 Å². The second-order valence-corrected chi connectivity index (χ2v) is 6.19. The first-order valence-electron chi connectivity index (χ1n) is 6.75. The van der Waals surface area contributed by atoms with E-state index in [1.807, 2.05) is 38.1 Å². The van der Waals surface area contributed by atoms with Gasteiger partial charge in [-0.1, -0.05) is 23.7 Å². The van der Waals surface area contributed by atoms with E-state index in [2.05, 4.69) is 10.6 Å². The van der Waals surface area contributed by atoms with Gasteiger partial charge in [-0.2, -0.15) is 0 Å². The molecule has 1 aromatic rings. The first kappa shape index (κ1) is 14.4. The first-order chi connectivity index (χ1) is 8.97. The van der Waals surface area contributed by atoms with Crippen molar-refractivity contribution in [2.24, 2.45) is 5.92 Å². The van der Waals surface area contributed by atoms with Gasteiger partial charge in [-0.05, 0) is 56.8 Å². The van der Waals surface area contributed by atoms with E-state index in [0.717, 1.165) is 18.0 Å². The van der Waals surface area contributed by atoms with Gasteiger partial charge < -0.3 is 10.6 Å². The Morgan fingerprint density at radius 2 is 2.16 bits per heavy atom. The Hall–Kier alpha value is -1.06. The third-order valence-corrected chi connectivity index (χ3v) is 3.65. The summed E-state index contributed by atoms with van der Waals surface area (Å²) in [6.07, 6.45) is 2.59. The van der Waals surface area contributed by atoms with E-state index >= 15 is 0 Å². The molecule has 0 radical (unpaired) electrons. The number of carbonyl (C=O) groups excluding carboxylic acids is 1. The molecule has 3 nitrogen and oxygen atoms in total. The Labute approximate surface area is 119 Å². The average molecular weight is 281 g/mol. The molecule has 104 valence electrons. The third-order valence-electron chi connectivity index (χ3n) is 3.41. The predicted molar refractivity (Wildman–Crippen MR) is 78.2 cm³/mol. The lowest BCUT2D eigenvalue weighted by atomic mass is 9.94. The van der Waals surface area contributed by atoms with Crippen molar-refractivity contribution >= 4 is 17.5 Å². The van der Waals surface area contributed by atoms with Gasteiger partial charge in [0.05, 0.1) is 12.1 Å². The molecule has 1 aliphatic carbocycles. The maximum Gasteiger partial charge on any atom is 0.234 e. The second-order valence-electron chi connectivity index (χ2n) is 5.76. The highest BCUT2D eigenvalue weighted by Crippen LogP contribution is 2.27. The van der Waals surface area contributed by atoms with Gasteiger partial charge in [0.25, 0.3) is 0 Å². The van der Waals surface area contributed by atoms with Crippen LogP contribution in [-0.2, 0) is 10.3 Å². The van der Waals surface area contributed by atoms with Gasteiger partial charge in [0.2, 0.25) is 5.91 Å². The molecule has 0 aliphatic heterocycles. The number of hydrogen-bond acceptors (Lipinski definition) is 2. The minimum absolute atomic E-state index is 0.0191. The van der Waals surface area contributed by atoms with Crippen molar-refractivity contribution in [2.75, 3.05) is 13.1 Å². The molecule has 4 heteroatoms. The summed E-state index contributed by atoms with van der Waals surface area (Å²) in [6, 6.07) is 7.60. The summed E-state index contributed by atoms with van der Waals surface area (Å²) in [5, 5.41) is 6.92. The van der Waals surface area contributed by atoms with Gasteiger partial charge in [0.1, 0.15) is 0 Å². The van der Waals surface area contributed by atoms with Crippen molar-refractivity contribution in [3.8, 4) is 0 Å². The van der Waals surface area contributed by atoms with Crippen LogP contribution in [0.5, 0.6) is 0 Å². The van der Waals surface area contributed by atoms with Gasteiger partial charge in [-0.15, -0.1) is 0 Å². The lowest BCUT2D eigenvalue weighted by molar-refractivity contribution is -0.121. The summed E-state index contributed by atoms with van der Waals surface area (Å²) in [6.45, 7) is 5.29. The quantitative estimate of drug-likeness (QED) is 0.841. The Morgan fingerprint density at radius 1 is 1.42 bits per heavy atom. The monoisotopic (exact) mass is 280 g/mol. The summed E-state index contributed by atoms with van der Waals surface area (Å²) in [5.41, 5.74) is 0.596. The lowest BCUT2D eigenvalue weighted by Gasteiger charge is -2.27. The fraction of sp³-hybridized carbons (Fsp3) is 0.533. The standard InChI is InChI=1S/C15H21ClN2O/c1-15(2,12-4-3-5-13(16)8-12)18-14(19)10-17-9-11-6-7-11/h3-5,8,11,17H,6-7,9-10H2,1-2H3,(H,18,19). The molecule has 0 aromatic heterocycles. The van der Waals surface area contributed by atoms with Gasteiger partial charge in [0, 0.05) is 5.02 Å². The minimum atomic E-state index is -0.413. The van der Waals surface area contributed by atoms with Crippen LogP contribution in [0.15, 0.2) is 24.3 Å². The number of rotatable bonds is 6. The number of amides is 1. The predicted octanol–water partition coefficient (Wildman–Crippen LogP) is 2.69. The van der Waals surface area contributed by atoms with Crippen LogP contribution in [0.25, 0.3) is 0 Å². The van der Waals surface area contributed by atoms with Gasteiger partial charge >= 0.3 is 0 Å². The van der Waals surface area contributed by atoms with Gasteiger partial charge in [-0.3, -0.25) is 4.79 Å². The normalized spacial score (nSPS) is 15.3. The second kappa shape index (κ2) is 5.93. The molecule has 1 fully saturated rings. The molecule has 0 bridgehead atoms. The van der Waals surface area contributed by atoms with Crippen LogP contribution >= 0.6 is 11.6 Å². The zero-order valence-electron chi connectivity index (χ0n) is 11.5. The van der Waals surface area contributed by atoms with Crippen LogP contribution in [0.1, 0.15) is 32.3 Å². The van der Waals surface area contributed by atoms with E-state index in [1.54, 1.807) is 0 Å². The molecule has 0 spiro atoms. The topological polar surface area (TPSA) is 41.1 Å². The van der Waals surface area contributed by atoms with Crippen molar-refractivity contribution in [3.05, 3.63) is 34.9 Å². The lowest BCUT2D eigenvalue weighted by Crippen LogP contribution is -2.45. The Kier molecular flexibility index (Phi) is 4.48. The fourth-order valence-electron chi connectivity index (χ4n) is 2.05. The number of nitrogens with one attached hydrogen (secondary N) is 2. The van der Waals surface area contributed by atoms with Crippen LogP contribution in [0, 0.1) is 5.92 Å². The number of hydrogen-bond donors (Lipinski definition) is 2. The number of halogens is 1. The third kappa shape index (κ3) is 4.51. The van der Waals surface area contributed by atoms with Crippen LogP contribution in [0.3, 0.4) is 0 Å². The molecule has 2 rings (SSSR count). The molecular formula is C15H21ClN2O. The fourth-order valence-corrected chi connectivity index (χ4v) is 2.24. The van der Waals surface area contributed by atoms with Crippen molar-refractivity contribution in [1.29, 1.82) is 0 Å². The summed E-state index contributed by atoms with van der Waals surface area (Å²) in [4.78, 5) is 11.9. The van der Waals surface area contributed by atoms with Crippen LogP contribution < -0.4 is 10.6 Å². The number of benzene rings is 1. The largest absolute Gasteiger partial charge is 0.346 e. The molecule has 0 unspecified atom stereocenters. The van der Waals surface area contributed by atoms with Gasteiger partial charge in [0.15, 0.2) is 0 Å². The zero-order valence-corrected chi connectivity index (χ0v) is 12.3. The molecule has 1 aromatic carbocycles. The highest BCUT2D eigenvalue weighted by Gasteiger charge is 2.24. The Balaban J connectivity index is 1.86. The molecule has 0 heterocycles. The molecular weight excluding hydrogens is 260 g/mol. The minimum Gasteiger partial charge on any atom is -0.346 e. The molecule has 0 atom stereocenters.